The summed E-state index contributed by atoms with van der Waals surface area (Å²) in [6, 6.07) is 32.1. The van der Waals surface area contributed by atoms with Gasteiger partial charge >= 0.3 is 0 Å². The van der Waals surface area contributed by atoms with Crippen molar-refractivity contribution in [3.8, 4) is 0 Å². The second-order valence-electron chi connectivity index (χ2n) is 8.54. The van der Waals surface area contributed by atoms with E-state index in [1.54, 1.807) is 11.1 Å². The maximum atomic E-state index is 2.49. The molecule has 0 heterocycles. The van der Waals surface area contributed by atoms with Crippen LogP contribution in [0.3, 0.4) is 0 Å². The summed E-state index contributed by atoms with van der Waals surface area (Å²) in [5, 5.41) is 5.45. The molecular weight excluding hydrogens is 324 g/mol. The summed E-state index contributed by atoms with van der Waals surface area (Å²) < 4.78 is 0. The lowest BCUT2D eigenvalue weighted by Gasteiger charge is -2.36. The summed E-state index contributed by atoms with van der Waals surface area (Å²) in [6.07, 6.45) is 5.52. The Bertz CT molecular complexity index is 1050. The van der Waals surface area contributed by atoms with Gasteiger partial charge in [-0.1, -0.05) is 84.9 Å². The minimum atomic E-state index is 0.202. The summed E-state index contributed by atoms with van der Waals surface area (Å²) in [5.41, 5.74) is 3.29. The van der Waals surface area contributed by atoms with Crippen LogP contribution in [0.15, 0.2) is 84.9 Å². The fourth-order valence-electron chi connectivity index (χ4n) is 6.34. The summed E-state index contributed by atoms with van der Waals surface area (Å²) in [5.74, 6) is 1.56. The van der Waals surface area contributed by atoms with E-state index in [1.807, 2.05) is 0 Å². The van der Waals surface area contributed by atoms with E-state index in [2.05, 4.69) is 84.9 Å². The molecule has 0 amide bonds. The van der Waals surface area contributed by atoms with Crippen LogP contribution in [-0.4, -0.2) is 0 Å². The van der Waals surface area contributed by atoms with Crippen LogP contribution >= 0.6 is 0 Å². The second kappa shape index (κ2) is 5.70. The first-order chi connectivity index (χ1) is 13.4. The van der Waals surface area contributed by atoms with Crippen LogP contribution in [0.1, 0.15) is 36.8 Å². The summed E-state index contributed by atoms with van der Waals surface area (Å²) in [7, 11) is 0. The Morgan fingerprint density at radius 3 is 1.33 bits per heavy atom. The fraction of sp³-hybridized carbons (Fsp3) is 0.259. The van der Waals surface area contributed by atoms with Gasteiger partial charge in [-0.2, -0.15) is 0 Å². The molecule has 2 fully saturated rings. The standard InChI is InChI=1S/C27H24/c1-3-7-21-17-25(11-9-19(21)5-1)27(23-13-14-24(27)16-15-23)26-12-10-20-6-2-4-8-22(20)18-26/h1-12,17-18,23-24H,13-16H2. The van der Waals surface area contributed by atoms with Crippen LogP contribution in [0.4, 0.5) is 0 Å². The molecule has 4 aromatic rings. The Hall–Kier alpha value is -2.60. The molecule has 27 heavy (non-hydrogen) atoms. The van der Waals surface area contributed by atoms with E-state index in [0.29, 0.717) is 0 Å². The molecule has 6 rings (SSSR count). The average Bonchev–Trinajstić information content (AvgIpc) is 3.29. The fourth-order valence-corrected chi connectivity index (χ4v) is 6.34. The highest BCUT2D eigenvalue weighted by Crippen LogP contribution is 2.62. The van der Waals surface area contributed by atoms with Crippen LogP contribution in [0, 0.1) is 11.8 Å². The van der Waals surface area contributed by atoms with E-state index in [1.165, 1.54) is 47.2 Å². The van der Waals surface area contributed by atoms with Crippen molar-refractivity contribution in [1.82, 2.24) is 0 Å². The van der Waals surface area contributed by atoms with E-state index in [-0.39, 0.29) is 5.41 Å². The predicted octanol–water partition coefficient (Wildman–Crippen LogP) is 7.10. The highest BCUT2D eigenvalue weighted by molar-refractivity contribution is 5.85. The predicted molar refractivity (Wildman–Crippen MR) is 114 cm³/mol. The van der Waals surface area contributed by atoms with Crippen molar-refractivity contribution in [2.24, 2.45) is 11.8 Å². The lowest BCUT2D eigenvalue weighted by molar-refractivity contribution is 0.390. The molecule has 0 nitrogen and oxygen atoms in total. The Labute approximate surface area is 160 Å². The second-order valence-corrected chi connectivity index (χ2v) is 8.54. The van der Waals surface area contributed by atoms with E-state index in [9.17, 15) is 0 Å². The van der Waals surface area contributed by atoms with Crippen LogP contribution < -0.4 is 0 Å². The Balaban J connectivity index is 1.62. The van der Waals surface area contributed by atoms with Crippen molar-refractivity contribution in [1.29, 1.82) is 0 Å². The van der Waals surface area contributed by atoms with Gasteiger partial charge in [-0.3, -0.25) is 0 Å². The molecule has 0 aliphatic heterocycles. The zero-order valence-corrected chi connectivity index (χ0v) is 15.6. The van der Waals surface area contributed by atoms with Crippen molar-refractivity contribution in [2.45, 2.75) is 31.1 Å². The van der Waals surface area contributed by atoms with Crippen molar-refractivity contribution < 1.29 is 0 Å². The molecule has 132 valence electrons. The largest absolute Gasteiger partial charge is 0.0616 e. The van der Waals surface area contributed by atoms with Crippen LogP contribution in [0.2, 0.25) is 0 Å². The van der Waals surface area contributed by atoms with Crippen molar-refractivity contribution >= 4 is 21.5 Å². The Morgan fingerprint density at radius 1 is 0.481 bits per heavy atom. The third-order valence-corrected chi connectivity index (χ3v) is 7.47. The lowest BCUT2D eigenvalue weighted by Crippen LogP contribution is -2.33. The molecule has 0 atom stereocenters. The topological polar surface area (TPSA) is 0 Å². The first-order valence-corrected chi connectivity index (χ1v) is 10.3. The van der Waals surface area contributed by atoms with E-state index in [4.69, 9.17) is 0 Å². The molecule has 0 heteroatoms. The first kappa shape index (κ1) is 15.5. The molecule has 4 aromatic carbocycles. The van der Waals surface area contributed by atoms with Gasteiger partial charge in [0.15, 0.2) is 0 Å². The molecule has 0 spiro atoms. The molecule has 0 aromatic heterocycles. The molecule has 2 aliphatic rings. The summed E-state index contributed by atoms with van der Waals surface area (Å²) in [6.45, 7) is 0. The van der Waals surface area contributed by atoms with Gasteiger partial charge < -0.3 is 0 Å². The monoisotopic (exact) mass is 348 g/mol. The van der Waals surface area contributed by atoms with E-state index in [0.717, 1.165) is 11.8 Å². The smallest absolute Gasteiger partial charge is 0.0259 e. The first-order valence-electron chi connectivity index (χ1n) is 10.3. The minimum absolute atomic E-state index is 0.202. The normalized spacial score (nSPS) is 23.3. The van der Waals surface area contributed by atoms with Crippen LogP contribution in [-0.2, 0) is 5.41 Å². The van der Waals surface area contributed by atoms with Gasteiger partial charge in [0, 0.05) is 5.41 Å². The molecule has 2 bridgehead atoms. The Morgan fingerprint density at radius 2 is 0.889 bits per heavy atom. The summed E-state index contributed by atoms with van der Waals surface area (Å²) in [4.78, 5) is 0. The van der Waals surface area contributed by atoms with Gasteiger partial charge in [0.2, 0.25) is 0 Å². The highest BCUT2D eigenvalue weighted by Gasteiger charge is 2.56. The lowest BCUT2D eigenvalue weighted by atomic mass is 9.66. The Kier molecular flexibility index (Phi) is 3.26. The number of fused-ring (bicyclic) bond motifs is 4. The summed E-state index contributed by atoms with van der Waals surface area (Å²) >= 11 is 0. The molecule has 0 N–H and O–H groups in total. The van der Waals surface area contributed by atoms with Gasteiger partial charge in [0.05, 0.1) is 0 Å². The van der Waals surface area contributed by atoms with Crippen LogP contribution in [0.25, 0.3) is 21.5 Å². The number of hydrogen-bond donors (Lipinski definition) is 0. The van der Waals surface area contributed by atoms with E-state index < -0.39 is 0 Å². The van der Waals surface area contributed by atoms with Crippen molar-refractivity contribution in [2.75, 3.05) is 0 Å². The van der Waals surface area contributed by atoms with E-state index >= 15 is 0 Å². The quantitative estimate of drug-likeness (QED) is 0.362. The number of hydrogen-bond acceptors (Lipinski definition) is 0. The maximum absolute atomic E-state index is 2.49. The molecule has 0 unspecified atom stereocenters. The number of rotatable bonds is 2. The molecule has 2 aliphatic carbocycles. The molecule has 2 saturated carbocycles. The number of benzene rings is 4. The average molecular weight is 348 g/mol. The van der Waals surface area contributed by atoms with Gasteiger partial charge in [-0.05, 0) is 70.2 Å². The minimum Gasteiger partial charge on any atom is -0.0616 e. The third-order valence-electron chi connectivity index (χ3n) is 7.47. The molecule has 0 radical (unpaired) electrons. The molecule has 0 saturated heterocycles. The van der Waals surface area contributed by atoms with Crippen LogP contribution in [0.5, 0.6) is 0 Å². The maximum Gasteiger partial charge on any atom is 0.0259 e. The zero-order valence-electron chi connectivity index (χ0n) is 15.6. The van der Waals surface area contributed by atoms with Gasteiger partial charge in [-0.25, -0.2) is 0 Å². The SMILES string of the molecule is c1ccc2cc(C3(c4ccc5ccccc5c4)C4CCC3CC4)ccc2c1. The van der Waals surface area contributed by atoms with Crippen molar-refractivity contribution in [3.05, 3.63) is 96.1 Å². The van der Waals surface area contributed by atoms with Gasteiger partial charge in [-0.15, -0.1) is 0 Å². The van der Waals surface area contributed by atoms with Gasteiger partial charge in [0.1, 0.15) is 0 Å². The third kappa shape index (κ3) is 2.10. The highest BCUT2D eigenvalue weighted by atomic mass is 14.6. The zero-order chi connectivity index (χ0) is 17.8. The van der Waals surface area contributed by atoms with Crippen molar-refractivity contribution in [3.63, 3.8) is 0 Å². The van der Waals surface area contributed by atoms with Gasteiger partial charge in [0.25, 0.3) is 0 Å². The molecular formula is C27H24.